The van der Waals surface area contributed by atoms with Crippen LogP contribution >= 0.6 is 0 Å². The highest BCUT2D eigenvalue weighted by atomic mass is 19.4. The number of aromatic nitrogens is 2. The minimum atomic E-state index is -4.93. The van der Waals surface area contributed by atoms with Crippen molar-refractivity contribution in [2.75, 3.05) is 6.61 Å². The second kappa shape index (κ2) is 6.13. The van der Waals surface area contributed by atoms with Gasteiger partial charge in [0.2, 0.25) is 0 Å². The van der Waals surface area contributed by atoms with E-state index in [0.717, 1.165) is 0 Å². The van der Waals surface area contributed by atoms with Gasteiger partial charge in [-0.2, -0.15) is 18.3 Å². The highest BCUT2D eigenvalue weighted by Gasteiger charge is 2.36. The Kier molecular flexibility index (Phi) is 4.54. The number of esters is 1. The van der Waals surface area contributed by atoms with Crippen molar-refractivity contribution in [3.63, 3.8) is 0 Å². The van der Waals surface area contributed by atoms with Gasteiger partial charge >= 0.3 is 12.1 Å². The maximum absolute atomic E-state index is 14.0. The Morgan fingerprint density at radius 2 is 1.67 bits per heavy atom. The average Bonchev–Trinajstić information content (AvgIpc) is 2.96. The van der Waals surface area contributed by atoms with Gasteiger partial charge in [-0.05, 0) is 13.0 Å². The Morgan fingerprint density at radius 3 is 2.08 bits per heavy atom. The molecule has 1 heterocycles. The number of carbonyl (C=O) groups excluding carboxylic acids is 1. The molecule has 0 radical (unpaired) electrons. The number of hydrogen-bond donors (Lipinski definition) is 0. The molecule has 2 aromatic rings. The Balaban J connectivity index is 2.65. The standard InChI is InChI=1S/C13H7F7N2O2/c1-2-24-12(23)6-7(14)9(16)11(10(17)8(6)15)22-4-3-5(21-22)13(18,19)20/h3-4H,2H2,1H3. The fourth-order valence-electron chi connectivity index (χ4n) is 1.80. The highest BCUT2D eigenvalue weighted by Crippen LogP contribution is 2.31. The van der Waals surface area contributed by atoms with Crippen LogP contribution in [0, 0.1) is 23.3 Å². The molecule has 0 saturated carbocycles. The molecule has 1 aromatic heterocycles. The molecule has 4 nitrogen and oxygen atoms in total. The zero-order valence-corrected chi connectivity index (χ0v) is 11.7. The number of nitrogens with zero attached hydrogens (tertiary/aromatic N) is 2. The van der Waals surface area contributed by atoms with Crippen molar-refractivity contribution in [3.8, 4) is 5.69 Å². The van der Waals surface area contributed by atoms with Crippen LogP contribution in [0.2, 0.25) is 0 Å². The molecule has 0 N–H and O–H groups in total. The molecule has 0 spiro atoms. The number of ether oxygens (including phenoxy) is 1. The second-order valence-corrected chi connectivity index (χ2v) is 4.34. The van der Waals surface area contributed by atoms with Crippen LogP contribution in [0.1, 0.15) is 23.0 Å². The van der Waals surface area contributed by atoms with Gasteiger partial charge in [-0.1, -0.05) is 0 Å². The number of halogens is 7. The minimum Gasteiger partial charge on any atom is -0.462 e. The zero-order valence-electron chi connectivity index (χ0n) is 11.7. The number of benzene rings is 1. The Morgan fingerprint density at radius 1 is 1.12 bits per heavy atom. The SMILES string of the molecule is CCOC(=O)c1c(F)c(F)c(-n2ccc(C(F)(F)F)n2)c(F)c1F. The fourth-order valence-corrected chi connectivity index (χ4v) is 1.80. The van der Waals surface area contributed by atoms with E-state index >= 15 is 0 Å². The summed E-state index contributed by atoms with van der Waals surface area (Å²) in [5.74, 6) is -10.0. The van der Waals surface area contributed by atoms with E-state index in [2.05, 4.69) is 9.84 Å². The van der Waals surface area contributed by atoms with Gasteiger partial charge in [-0.3, -0.25) is 0 Å². The summed E-state index contributed by atoms with van der Waals surface area (Å²) in [4.78, 5) is 11.4. The molecular formula is C13H7F7N2O2. The first-order valence-corrected chi connectivity index (χ1v) is 6.25. The Bertz CT molecular complexity index is 769. The highest BCUT2D eigenvalue weighted by molar-refractivity contribution is 5.90. The van der Waals surface area contributed by atoms with E-state index < -0.39 is 52.4 Å². The number of hydrogen-bond acceptors (Lipinski definition) is 3. The third-order valence-electron chi connectivity index (χ3n) is 2.83. The molecule has 0 unspecified atom stereocenters. The lowest BCUT2D eigenvalue weighted by atomic mass is 10.1. The molecule has 0 fully saturated rings. The summed E-state index contributed by atoms with van der Waals surface area (Å²) in [5.41, 5.74) is -4.69. The van der Waals surface area contributed by atoms with E-state index in [-0.39, 0.29) is 11.3 Å². The molecule has 0 aliphatic rings. The van der Waals surface area contributed by atoms with Crippen LogP contribution in [-0.4, -0.2) is 22.4 Å². The summed E-state index contributed by atoms with van der Waals surface area (Å²) in [6.45, 7) is 0.966. The lowest BCUT2D eigenvalue weighted by molar-refractivity contribution is -0.141. The predicted molar refractivity (Wildman–Crippen MR) is 64.4 cm³/mol. The number of carbonyl (C=O) groups is 1. The third kappa shape index (κ3) is 2.93. The molecule has 0 aliphatic carbocycles. The number of rotatable bonds is 3. The molecule has 2 rings (SSSR count). The summed E-state index contributed by atoms with van der Waals surface area (Å²) >= 11 is 0. The van der Waals surface area contributed by atoms with Crippen molar-refractivity contribution in [2.24, 2.45) is 0 Å². The predicted octanol–water partition coefficient (Wildman–Crippen LogP) is 3.62. The molecular weight excluding hydrogens is 349 g/mol. The Labute approximate surface area is 129 Å². The molecule has 0 amide bonds. The van der Waals surface area contributed by atoms with E-state index in [1.54, 1.807) is 0 Å². The van der Waals surface area contributed by atoms with Gasteiger partial charge in [0.05, 0.1) is 6.61 Å². The van der Waals surface area contributed by atoms with Crippen LogP contribution in [-0.2, 0) is 10.9 Å². The summed E-state index contributed by atoms with van der Waals surface area (Å²) in [6.07, 6.45) is -4.46. The molecule has 0 saturated heterocycles. The van der Waals surface area contributed by atoms with Crippen molar-refractivity contribution in [1.82, 2.24) is 9.78 Å². The zero-order chi connectivity index (χ0) is 18.2. The summed E-state index contributed by atoms with van der Waals surface area (Å²) in [7, 11) is 0. The average molecular weight is 356 g/mol. The fraction of sp³-hybridized carbons (Fsp3) is 0.231. The minimum absolute atomic E-state index is 0.0193. The molecule has 0 aliphatic heterocycles. The molecule has 130 valence electrons. The molecule has 0 bridgehead atoms. The van der Waals surface area contributed by atoms with Gasteiger partial charge in [-0.25, -0.2) is 27.0 Å². The monoisotopic (exact) mass is 356 g/mol. The molecule has 11 heteroatoms. The first kappa shape index (κ1) is 17.8. The van der Waals surface area contributed by atoms with Crippen molar-refractivity contribution in [2.45, 2.75) is 13.1 Å². The summed E-state index contributed by atoms with van der Waals surface area (Å²) in [6, 6.07) is 0.355. The van der Waals surface area contributed by atoms with Crippen LogP contribution in [0.5, 0.6) is 0 Å². The van der Waals surface area contributed by atoms with Crippen molar-refractivity contribution >= 4 is 5.97 Å². The van der Waals surface area contributed by atoms with Gasteiger partial charge in [-0.15, -0.1) is 0 Å². The number of alkyl halides is 3. The normalized spacial score (nSPS) is 11.7. The molecule has 24 heavy (non-hydrogen) atoms. The van der Waals surface area contributed by atoms with E-state index in [0.29, 0.717) is 12.3 Å². The topological polar surface area (TPSA) is 44.1 Å². The maximum Gasteiger partial charge on any atom is 0.435 e. The summed E-state index contributed by atoms with van der Waals surface area (Å²) in [5, 5.41) is 2.83. The van der Waals surface area contributed by atoms with Crippen LogP contribution in [0.15, 0.2) is 12.3 Å². The second-order valence-electron chi connectivity index (χ2n) is 4.34. The third-order valence-corrected chi connectivity index (χ3v) is 2.83. The lowest BCUT2D eigenvalue weighted by Gasteiger charge is -2.11. The molecule has 1 aromatic carbocycles. The van der Waals surface area contributed by atoms with Crippen LogP contribution in [0.25, 0.3) is 5.69 Å². The van der Waals surface area contributed by atoms with Gasteiger partial charge < -0.3 is 4.74 Å². The molecule has 0 atom stereocenters. The largest absolute Gasteiger partial charge is 0.462 e. The van der Waals surface area contributed by atoms with Gasteiger partial charge in [0, 0.05) is 6.20 Å². The van der Waals surface area contributed by atoms with E-state index in [1.807, 2.05) is 0 Å². The van der Waals surface area contributed by atoms with Crippen molar-refractivity contribution in [1.29, 1.82) is 0 Å². The smallest absolute Gasteiger partial charge is 0.435 e. The van der Waals surface area contributed by atoms with Crippen molar-refractivity contribution < 1.29 is 40.3 Å². The van der Waals surface area contributed by atoms with Crippen molar-refractivity contribution in [3.05, 3.63) is 46.8 Å². The first-order valence-electron chi connectivity index (χ1n) is 6.25. The summed E-state index contributed by atoms with van der Waals surface area (Å²) < 4.78 is 97.3. The maximum atomic E-state index is 14.0. The van der Waals surface area contributed by atoms with E-state index in [1.165, 1.54) is 6.92 Å². The van der Waals surface area contributed by atoms with Gasteiger partial charge in [0.15, 0.2) is 29.0 Å². The van der Waals surface area contributed by atoms with Gasteiger partial charge in [0.1, 0.15) is 11.3 Å². The van der Waals surface area contributed by atoms with E-state index in [9.17, 15) is 35.5 Å². The first-order chi connectivity index (χ1) is 11.1. The Hall–Kier alpha value is -2.59. The quantitative estimate of drug-likeness (QED) is 0.479. The van der Waals surface area contributed by atoms with Gasteiger partial charge in [0.25, 0.3) is 0 Å². The van der Waals surface area contributed by atoms with Crippen LogP contribution in [0.4, 0.5) is 30.7 Å². The van der Waals surface area contributed by atoms with Crippen LogP contribution in [0.3, 0.4) is 0 Å². The van der Waals surface area contributed by atoms with Crippen LogP contribution < -0.4 is 0 Å². The van der Waals surface area contributed by atoms with E-state index in [4.69, 9.17) is 0 Å². The lowest BCUT2D eigenvalue weighted by Crippen LogP contribution is -2.17.